The van der Waals surface area contributed by atoms with Gasteiger partial charge in [-0.1, -0.05) is 0 Å². The monoisotopic (exact) mass is 966 g/mol. The van der Waals surface area contributed by atoms with E-state index < -0.39 is 211 Å². The van der Waals surface area contributed by atoms with Crippen molar-refractivity contribution in [3.8, 4) is 80.1 Å². The molecule has 8 rings (SSSR count). The summed E-state index contributed by atoms with van der Waals surface area (Å²) in [5, 5.41) is 116. The van der Waals surface area contributed by atoms with E-state index in [0.29, 0.717) is 30.3 Å². The minimum absolute atomic E-state index is 0.370. The molecule has 4 aromatic carbocycles. The number of esters is 7. The number of fused-ring (bicyclic) bond motifs is 3. The number of ketones is 1. The molecule has 0 unspecified atom stereocenters. The zero-order chi connectivity index (χ0) is 50.2. The van der Waals surface area contributed by atoms with Crippen LogP contribution in [0.5, 0.6) is 69.0 Å². The van der Waals surface area contributed by atoms with Crippen molar-refractivity contribution >= 4 is 47.6 Å². The van der Waals surface area contributed by atoms with Crippen LogP contribution in [-0.4, -0.2) is 148 Å². The molecule has 7 atom stereocenters. The first kappa shape index (κ1) is 46.1. The molecule has 11 N–H and O–H groups in total. The van der Waals surface area contributed by atoms with Crippen LogP contribution in [-0.2, 0) is 52.3 Å². The van der Waals surface area contributed by atoms with E-state index in [0.717, 1.165) is 7.11 Å². The van der Waals surface area contributed by atoms with Gasteiger partial charge in [-0.25, -0.2) is 24.0 Å². The molecule has 0 amide bonds. The summed E-state index contributed by atoms with van der Waals surface area (Å²) in [6.45, 7) is -1.30. The second-order valence-electron chi connectivity index (χ2n) is 15.2. The average Bonchev–Trinajstić information content (AvgIpc) is 3.65. The lowest BCUT2D eigenvalue weighted by Gasteiger charge is -2.44. The highest BCUT2D eigenvalue weighted by Crippen LogP contribution is 2.54. The number of hydrogen-bond acceptors (Lipinski definition) is 27. The topological polar surface area (TPSA) is 433 Å². The van der Waals surface area contributed by atoms with Gasteiger partial charge in [0.1, 0.15) is 18.6 Å². The summed E-state index contributed by atoms with van der Waals surface area (Å²) in [7, 11) is 0.780. The van der Waals surface area contributed by atoms with Crippen molar-refractivity contribution in [1.29, 1.82) is 0 Å². The minimum Gasteiger partial charge on any atom is -0.504 e. The Morgan fingerprint density at radius 2 is 1.12 bits per heavy atom. The van der Waals surface area contributed by atoms with Crippen molar-refractivity contribution < 1.29 is 132 Å². The van der Waals surface area contributed by atoms with Crippen LogP contribution >= 0.6 is 0 Å². The second-order valence-corrected chi connectivity index (χ2v) is 15.2. The molecular weight excluding hydrogens is 936 g/mol. The zero-order valence-corrected chi connectivity index (χ0v) is 34.3. The number of rotatable bonds is 5. The van der Waals surface area contributed by atoms with E-state index in [1.807, 2.05) is 0 Å². The van der Waals surface area contributed by atoms with Gasteiger partial charge in [-0.3, -0.25) is 14.4 Å². The van der Waals surface area contributed by atoms with Crippen LogP contribution in [0.15, 0.2) is 30.3 Å². The number of Topliss-reactive ketones (excluding diaryl/α,β-unsaturated/α-hetero) is 1. The summed E-state index contributed by atoms with van der Waals surface area (Å²) in [5.41, 5.74) is -6.90. The summed E-state index contributed by atoms with van der Waals surface area (Å²) in [5.74, 6) is -32.6. The third-order valence-corrected chi connectivity index (χ3v) is 11.2. The molecule has 4 bridgehead atoms. The molecule has 0 spiro atoms. The summed E-state index contributed by atoms with van der Waals surface area (Å²) in [6.07, 6.45) is -13.6. The maximum absolute atomic E-state index is 14.7. The first-order chi connectivity index (χ1) is 32.5. The van der Waals surface area contributed by atoms with E-state index in [1.54, 1.807) is 0 Å². The predicted octanol–water partition coefficient (Wildman–Crippen LogP) is 0.295. The van der Waals surface area contributed by atoms with E-state index >= 15 is 0 Å². The molecule has 0 aromatic heterocycles. The average molecular weight is 967 g/mol. The van der Waals surface area contributed by atoms with E-state index in [2.05, 4.69) is 4.74 Å². The lowest BCUT2D eigenvalue weighted by molar-refractivity contribution is -0.287. The fourth-order valence-electron chi connectivity index (χ4n) is 7.96. The summed E-state index contributed by atoms with van der Waals surface area (Å²) in [4.78, 5) is 111. The van der Waals surface area contributed by atoms with Gasteiger partial charge in [0.2, 0.25) is 35.4 Å². The Bertz CT molecular complexity index is 2970. The van der Waals surface area contributed by atoms with Gasteiger partial charge in [-0.15, -0.1) is 0 Å². The number of ether oxygens (including phenoxy) is 8. The molecule has 4 aliphatic rings. The molecule has 69 heavy (non-hydrogen) atoms. The summed E-state index contributed by atoms with van der Waals surface area (Å²) in [6, 6.07) is 2.44. The number of phenols is 11. The quantitative estimate of drug-likeness (QED) is 0.0421. The lowest BCUT2D eigenvalue weighted by atomic mass is 9.81. The Balaban J connectivity index is 1.38. The Morgan fingerprint density at radius 1 is 0.594 bits per heavy atom. The Hall–Kier alpha value is -9.40. The molecule has 4 heterocycles. The van der Waals surface area contributed by atoms with Gasteiger partial charge in [0.15, 0.2) is 64.0 Å². The van der Waals surface area contributed by atoms with Crippen molar-refractivity contribution in [3.63, 3.8) is 0 Å². The molecule has 1 fully saturated rings. The van der Waals surface area contributed by atoms with Gasteiger partial charge in [0, 0.05) is 23.1 Å². The predicted molar refractivity (Wildman–Crippen MR) is 209 cm³/mol. The number of methoxy groups -OCH3 is 1. The molecule has 1 saturated heterocycles. The second kappa shape index (κ2) is 16.8. The van der Waals surface area contributed by atoms with E-state index in [-0.39, 0.29) is 0 Å². The highest BCUT2D eigenvalue weighted by molar-refractivity contribution is 6.34. The van der Waals surface area contributed by atoms with Crippen molar-refractivity contribution in [2.24, 2.45) is 5.92 Å². The van der Waals surface area contributed by atoms with E-state index in [9.17, 15) is 94.5 Å². The van der Waals surface area contributed by atoms with Gasteiger partial charge < -0.3 is 94.1 Å². The van der Waals surface area contributed by atoms with Crippen molar-refractivity contribution in [1.82, 2.24) is 0 Å². The van der Waals surface area contributed by atoms with Crippen molar-refractivity contribution in [2.75, 3.05) is 13.7 Å². The molecule has 0 aliphatic carbocycles. The fraction of sp³-hybridized carbons (Fsp3) is 0.238. The smallest absolute Gasteiger partial charge is 0.374 e. The zero-order valence-electron chi connectivity index (χ0n) is 34.3. The molecule has 27 nitrogen and oxygen atoms in total. The van der Waals surface area contributed by atoms with E-state index in [1.165, 1.54) is 0 Å². The van der Waals surface area contributed by atoms with E-state index in [4.69, 9.17) is 33.2 Å². The number of hydrogen-bond donors (Lipinski definition) is 11. The number of benzene rings is 4. The van der Waals surface area contributed by atoms with Crippen LogP contribution in [0, 0.1) is 5.92 Å². The molecular formula is C42H30O27. The molecule has 360 valence electrons. The van der Waals surface area contributed by atoms with Gasteiger partial charge in [-0.2, -0.15) is 0 Å². The number of carbonyl (C=O) groups is 8. The molecule has 0 radical (unpaired) electrons. The summed E-state index contributed by atoms with van der Waals surface area (Å²) < 4.78 is 43.6. The molecule has 27 heteroatoms. The van der Waals surface area contributed by atoms with Crippen LogP contribution < -0.4 is 4.74 Å². The number of phenolic OH excluding ortho intramolecular Hbond substituents is 11. The van der Waals surface area contributed by atoms with Crippen LogP contribution in [0.4, 0.5) is 0 Å². The Morgan fingerprint density at radius 3 is 1.71 bits per heavy atom. The first-order valence-electron chi connectivity index (χ1n) is 19.4. The van der Waals surface area contributed by atoms with Gasteiger partial charge in [0.05, 0.1) is 35.3 Å². The highest BCUT2D eigenvalue weighted by Gasteiger charge is 2.58. The maximum atomic E-state index is 14.7. The standard InChI is InChI=1S/C42H30O27/c1-62-40(60)19(48)7-13-24-23-12(6-18(47)28(52)32(23)66-41(24)61)38(58)68-34-33-31(65-39(13)59)20(64-42(34)69-35(55)9-2-14(43)25(49)15(44)3-9)8-63-36(56)10-4-16(45)26(50)29(53)21(10)22-11(37(57)67-33)5-17(46)27(51)30(22)54/h2-6,13,20,24,31,33-34,42-47,49-54H,7-8H2,1H3/t13-,20+,24-,31+,33+,34+,42-/m0/s1. The number of aromatic hydroxyl groups is 11. The van der Waals surface area contributed by atoms with Crippen LogP contribution in [0.3, 0.4) is 0 Å². The third-order valence-electron chi connectivity index (χ3n) is 11.2. The normalized spacial score (nSPS) is 22.7. The van der Waals surface area contributed by atoms with Crippen LogP contribution in [0.2, 0.25) is 0 Å². The third kappa shape index (κ3) is 7.56. The molecule has 4 aromatic rings. The Kier molecular flexibility index (Phi) is 11.2. The van der Waals surface area contributed by atoms with Crippen LogP contribution in [0.1, 0.15) is 59.3 Å². The molecule has 0 saturated carbocycles. The summed E-state index contributed by atoms with van der Waals surface area (Å²) >= 11 is 0. The van der Waals surface area contributed by atoms with Gasteiger partial charge >= 0.3 is 41.8 Å². The van der Waals surface area contributed by atoms with Gasteiger partial charge in [-0.05, 0) is 30.3 Å². The molecule has 4 aliphatic heterocycles. The SMILES string of the molecule is COC(=O)C(=O)C[C@@H]1C(=O)O[C@H]2[C@H]3OC(=O)c4cc(O)c(O)c(O)c4-c4c(cc(O)c(O)c4O)C(=O)OC[C@H]2O[C@@H](OC(=O)c2cc(O)c(O)c(O)c2)[C@@H]3OC(=O)c2cc(O)c(O)c3c2[C@H]1C(=O)O3. The highest BCUT2D eigenvalue weighted by atomic mass is 16.7. The fourth-order valence-corrected chi connectivity index (χ4v) is 7.96. The van der Waals surface area contributed by atoms with Crippen molar-refractivity contribution in [2.45, 2.75) is 43.0 Å². The Labute approximate surface area is 380 Å². The largest absolute Gasteiger partial charge is 0.504 e. The van der Waals surface area contributed by atoms with Gasteiger partial charge in [0.25, 0.3) is 0 Å². The first-order valence-corrected chi connectivity index (χ1v) is 19.4. The number of cyclic esters (lactones) is 1. The maximum Gasteiger partial charge on any atom is 0.374 e. The lowest BCUT2D eigenvalue weighted by Crippen LogP contribution is -2.63. The number of carbonyl (C=O) groups excluding carboxylic acids is 8. The van der Waals surface area contributed by atoms with Crippen molar-refractivity contribution in [3.05, 3.63) is 58.1 Å². The van der Waals surface area contributed by atoms with Crippen LogP contribution in [0.25, 0.3) is 11.1 Å². The minimum atomic E-state index is -2.56.